The molecule has 1 aliphatic heterocycles. The van der Waals surface area contributed by atoms with Gasteiger partial charge in [-0.15, -0.1) is 0 Å². The van der Waals surface area contributed by atoms with Gasteiger partial charge in [0.05, 0.1) is 0 Å². The van der Waals surface area contributed by atoms with E-state index in [0.717, 1.165) is 32.5 Å². The molecule has 2 N–H and O–H groups in total. The van der Waals surface area contributed by atoms with Gasteiger partial charge in [0, 0.05) is 19.1 Å². The van der Waals surface area contributed by atoms with Crippen LogP contribution in [-0.2, 0) is 4.79 Å². The van der Waals surface area contributed by atoms with E-state index in [2.05, 4.69) is 29.1 Å². The van der Waals surface area contributed by atoms with Crippen LogP contribution in [0.5, 0.6) is 0 Å². The number of likely N-dealkylation sites (N-methyl/N-ethyl adjacent to an activating group) is 2. The smallest absolute Gasteiger partial charge is 0.322 e. The lowest BCUT2D eigenvalue weighted by atomic mass is 10.1. The summed E-state index contributed by atoms with van der Waals surface area (Å²) in [6, 6.07) is 0.0189. The zero-order valence-corrected chi connectivity index (χ0v) is 11.9. The van der Waals surface area contributed by atoms with Gasteiger partial charge in [0.25, 0.3) is 0 Å². The van der Waals surface area contributed by atoms with Crippen LogP contribution in [0.2, 0.25) is 0 Å². The van der Waals surface area contributed by atoms with Crippen LogP contribution in [0.25, 0.3) is 0 Å². The van der Waals surface area contributed by atoms with Gasteiger partial charge in [-0.3, -0.25) is 9.69 Å². The Balaban J connectivity index is 2.62. The van der Waals surface area contributed by atoms with Crippen molar-refractivity contribution in [2.45, 2.75) is 38.8 Å². The maximum Gasteiger partial charge on any atom is 0.322 e. The van der Waals surface area contributed by atoms with Gasteiger partial charge in [0.15, 0.2) is 0 Å². The maximum absolute atomic E-state index is 11.2. The van der Waals surface area contributed by atoms with Crippen LogP contribution >= 0.6 is 0 Å². The largest absolute Gasteiger partial charge is 0.480 e. The van der Waals surface area contributed by atoms with Crippen molar-refractivity contribution in [1.82, 2.24) is 15.1 Å². The molecule has 2 atom stereocenters. The molecule has 0 aromatic carbocycles. The first-order valence-corrected chi connectivity index (χ1v) is 6.97. The zero-order valence-electron chi connectivity index (χ0n) is 11.9. The molecule has 2 unspecified atom stereocenters. The van der Waals surface area contributed by atoms with E-state index in [4.69, 9.17) is 0 Å². The zero-order chi connectivity index (χ0) is 13.5. The SMILES string of the molecule is CCNC(CN1CCCN(C)CC1CC)C(=O)O. The van der Waals surface area contributed by atoms with Crippen LogP contribution in [-0.4, -0.2) is 72.7 Å². The predicted octanol–water partition coefficient (Wildman–Crippen LogP) is 0.465. The summed E-state index contributed by atoms with van der Waals surface area (Å²) in [5.74, 6) is -0.746. The monoisotopic (exact) mass is 257 g/mol. The summed E-state index contributed by atoms with van der Waals surface area (Å²) in [5, 5.41) is 12.3. The molecule has 0 radical (unpaired) electrons. The van der Waals surface area contributed by atoms with Crippen molar-refractivity contribution < 1.29 is 9.90 Å². The van der Waals surface area contributed by atoms with E-state index in [1.165, 1.54) is 0 Å². The van der Waals surface area contributed by atoms with Gasteiger partial charge in [-0.25, -0.2) is 0 Å². The highest BCUT2D eigenvalue weighted by atomic mass is 16.4. The van der Waals surface area contributed by atoms with Gasteiger partial charge in [-0.2, -0.15) is 0 Å². The molecule has 1 heterocycles. The number of carbonyl (C=O) groups is 1. The van der Waals surface area contributed by atoms with E-state index < -0.39 is 12.0 Å². The van der Waals surface area contributed by atoms with Crippen LogP contribution < -0.4 is 5.32 Å². The average molecular weight is 257 g/mol. The van der Waals surface area contributed by atoms with E-state index in [9.17, 15) is 9.90 Å². The Labute approximate surface area is 110 Å². The molecule has 1 saturated heterocycles. The van der Waals surface area contributed by atoms with Crippen molar-refractivity contribution in [2.24, 2.45) is 0 Å². The molecule has 5 nitrogen and oxygen atoms in total. The predicted molar refractivity (Wildman–Crippen MR) is 72.9 cm³/mol. The molecule has 0 aromatic rings. The Bertz CT molecular complexity index is 261. The fourth-order valence-corrected chi connectivity index (χ4v) is 2.63. The third-order valence-corrected chi connectivity index (χ3v) is 3.66. The summed E-state index contributed by atoms with van der Waals surface area (Å²) in [5.41, 5.74) is 0. The van der Waals surface area contributed by atoms with Gasteiger partial charge >= 0.3 is 5.97 Å². The molecule has 18 heavy (non-hydrogen) atoms. The van der Waals surface area contributed by atoms with Gasteiger partial charge in [0.1, 0.15) is 6.04 Å². The van der Waals surface area contributed by atoms with Gasteiger partial charge in [-0.05, 0) is 39.5 Å². The van der Waals surface area contributed by atoms with Gasteiger partial charge in [0.2, 0.25) is 0 Å². The number of carboxylic acids is 1. The Morgan fingerprint density at radius 1 is 1.44 bits per heavy atom. The number of hydrogen-bond donors (Lipinski definition) is 2. The standard InChI is InChI=1S/C13H27N3O2/c1-4-11-9-15(3)7-6-8-16(11)10-12(13(17)18)14-5-2/h11-12,14H,4-10H2,1-3H3,(H,17,18). The second-order valence-corrected chi connectivity index (χ2v) is 5.12. The Morgan fingerprint density at radius 3 is 2.72 bits per heavy atom. The summed E-state index contributed by atoms with van der Waals surface area (Å²) in [6.07, 6.45) is 2.19. The molecular weight excluding hydrogens is 230 g/mol. The van der Waals surface area contributed by atoms with Crippen molar-refractivity contribution in [2.75, 3.05) is 39.8 Å². The van der Waals surface area contributed by atoms with E-state index in [0.29, 0.717) is 19.1 Å². The summed E-state index contributed by atoms with van der Waals surface area (Å²) >= 11 is 0. The minimum Gasteiger partial charge on any atom is -0.480 e. The van der Waals surface area contributed by atoms with E-state index in [1.54, 1.807) is 0 Å². The highest BCUT2D eigenvalue weighted by molar-refractivity contribution is 5.73. The van der Waals surface area contributed by atoms with E-state index in [-0.39, 0.29) is 0 Å². The minimum absolute atomic E-state index is 0.451. The number of nitrogens with one attached hydrogen (secondary N) is 1. The summed E-state index contributed by atoms with van der Waals surface area (Å²) in [4.78, 5) is 15.9. The molecule has 5 heteroatoms. The van der Waals surface area contributed by atoms with Crippen LogP contribution in [0.1, 0.15) is 26.7 Å². The molecule has 1 aliphatic rings. The quantitative estimate of drug-likeness (QED) is 0.724. The number of hydrogen-bond acceptors (Lipinski definition) is 4. The molecular formula is C13H27N3O2. The van der Waals surface area contributed by atoms with Gasteiger partial charge < -0.3 is 15.3 Å². The number of nitrogens with zero attached hydrogens (tertiary/aromatic N) is 2. The van der Waals surface area contributed by atoms with E-state index >= 15 is 0 Å². The summed E-state index contributed by atoms with van der Waals surface area (Å²) in [7, 11) is 2.14. The first kappa shape index (κ1) is 15.4. The highest BCUT2D eigenvalue weighted by Gasteiger charge is 2.26. The molecule has 0 saturated carbocycles. The summed E-state index contributed by atoms with van der Waals surface area (Å²) in [6.45, 7) is 8.57. The second kappa shape index (κ2) is 7.71. The van der Waals surface area contributed by atoms with Crippen LogP contribution in [0.4, 0.5) is 0 Å². The maximum atomic E-state index is 11.2. The number of rotatable bonds is 6. The first-order valence-electron chi connectivity index (χ1n) is 6.97. The molecule has 1 fully saturated rings. The molecule has 0 aromatic heterocycles. The topological polar surface area (TPSA) is 55.8 Å². The average Bonchev–Trinajstić information content (AvgIpc) is 2.50. The van der Waals surface area contributed by atoms with Crippen molar-refractivity contribution >= 4 is 5.97 Å². The Kier molecular flexibility index (Phi) is 6.60. The van der Waals surface area contributed by atoms with Crippen LogP contribution in [0.15, 0.2) is 0 Å². The van der Waals surface area contributed by atoms with Crippen molar-refractivity contribution in [3.8, 4) is 0 Å². The lowest BCUT2D eigenvalue weighted by Gasteiger charge is -2.32. The van der Waals surface area contributed by atoms with Crippen molar-refractivity contribution in [3.63, 3.8) is 0 Å². The van der Waals surface area contributed by atoms with Crippen LogP contribution in [0.3, 0.4) is 0 Å². The number of aliphatic carboxylic acids is 1. The lowest BCUT2D eigenvalue weighted by Crippen LogP contribution is -2.50. The van der Waals surface area contributed by atoms with E-state index in [1.807, 2.05) is 6.92 Å². The Morgan fingerprint density at radius 2 is 2.17 bits per heavy atom. The molecule has 0 bridgehead atoms. The third kappa shape index (κ3) is 4.55. The first-order chi connectivity index (χ1) is 8.58. The second-order valence-electron chi connectivity index (χ2n) is 5.12. The lowest BCUT2D eigenvalue weighted by molar-refractivity contribution is -0.140. The van der Waals surface area contributed by atoms with Crippen molar-refractivity contribution in [1.29, 1.82) is 0 Å². The number of carboxylic acid groups (broad SMARTS) is 1. The van der Waals surface area contributed by atoms with Crippen molar-refractivity contribution in [3.05, 3.63) is 0 Å². The summed E-state index contributed by atoms with van der Waals surface area (Å²) < 4.78 is 0. The molecule has 0 aliphatic carbocycles. The normalized spacial score (nSPS) is 24.7. The highest BCUT2D eigenvalue weighted by Crippen LogP contribution is 2.12. The fourth-order valence-electron chi connectivity index (χ4n) is 2.63. The molecule has 0 amide bonds. The van der Waals surface area contributed by atoms with Crippen LogP contribution in [0, 0.1) is 0 Å². The van der Waals surface area contributed by atoms with Gasteiger partial charge in [-0.1, -0.05) is 13.8 Å². The fraction of sp³-hybridized carbons (Fsp3) is 0.923. The minimum atomic E-state index is -0.746. The third-order valence-electron chi connectivity index (χ3n) is 3.66. The molecule has 0 spiro atoms. The Hall–Kier alpha value is -0.650. The molecule has 1 rings (SSSR count). The molecule has 106 valence electrons.